The van der Waals surface area contributed by atoms with E-state index in [1.165, 1.54) is 89.1 Å². The van der Waals surface area contributed by atoms with Crippen LogP contribution in [0.4, 0.5) is 0 Å². The van der Waals surface area contributed by atoms with Crippen LogP contribution in [0.1, 0.15) is 90.9 Å². The smallest absolute Gasteiger partial charge is 0.190 e. The summed E-state index contributed by atoms with van der Waals surface area (Å²) in [5, 5.41) is 0. The molecule has 2 heteroatoms. The maximum Gasteiger partial charge on any atom is 0.190 e. The Morgan fingerprint density at radius 3 is 2.00 bits per heavy atom. The van der Waals surface area contributed by atoms with Gasteiger partial charge in [-0.05, 0) is 32.0 Å². The first kappa shape index (κ1) is 18.2. The van der Waals surface area contributed by atoms with E-state index in [2.05, 4.69) is 20.4 Å². The fourth-order valence-corrected chi connectivity index (χ4v) is 7.06. The molecule has 0 aromatic rings. The minimum Gasteiger partial charge on any atom is -0.414 e. The van der Waals surface area contributed by atoms with Gasteiger partial charge in [0.1, 0.15) is 0 Å². The summed E-state index contributed by atoms with van der Waals surface area (Å²) in [7, 11) is -1.29. The van der Waals surface area contributed by atoms with Gasteiger partial charge in [0.15, 0.2) is 8.32 Å². The van der Waals surface area contributed by atoms with Gasteiger partial charge in [-0.2, -0.15) is 0 Å². The number of hydrogen-bond acceptors (Lipinski definition) is 1. The summed E-state index contributed by atoms with van der Waals surface area (Å²) in [5.41, 5.74) is 0. The lowest BCUT2D eigenvalue weighted by molar-refractivity contribution is 0.175. The van der Waals surface area contributed by atoms with Crippen LogP contribution in [0.25, 0.3) is 0 Å². The van der Waals surface area contributed by atoms with Crippen LogP contribution in [0.15, 0.2) is 0 Å². The summed E-state index contributed by atoms with van der Waals surface area (Å²) in [6, 6.07) is 2.82. The van der Waals surface area contributed by atoms with Gasteiger partial charge in [0.05, 0.1) is 0 Å². The van der Waals surface area contributed by atoms with Gasteiger partial charge in [-0.25, -0.2) is 0 Å². The molecule has 1 heterocycles. The van der Waals surface area contributed by atoms with Crippen molar-refractivity contribution in [3.63, 3.8) is 0 Å². The highest BCUT2D eigenvalue weighted by Crippen LogP contribution is 2.30. The molecule has 120 valence electrons. The highest BCUT2D eigenvalue weighted by atomic mass is 28.4. The standard InChI is InChI=1S/C18H38OSi/c1-4-5-6-7-8-9-10-11-12-13-16-20(3)17-14-15-18(2)19-20/h18H,4-17H2,1-3H3. The van der Waals surface area contributed by atoms with Gasteiger partial charge < -0.3 is 4.43 Å². The van der Waals surface area contributed by atoms with Crippen molar-refractivity contribution in [2.24, 2.45) is 0 Å². The van der Waals surface area contributed by atoms with E-state index in [0.29, 0.717) is 6.10 Å². The summed E-state index contributed by atoms with van der Waals surface area (Å²) in [6.45, 7) is 7.03. The number of hydrogen-bond donors (Lipinski definition) is 0. The Bertz CT molecular complexity index is 231. The van der Waals surface area contributed by atoms with Gasteiger partial charge >= 0.3 is 0 Å². The minimum absolute atomic E-state index is 0.545. The summed E-state index contributed by atoms with van der Waals surface area (Å²) in [6.07, 6.45) is 17.7. The van der Waals surface area contributed by atoms with Gasteiger partial charge in [0.25, 0.3) is 0 Å². The third kappa shape index (κ3) is 8.46. The number of unbranched alkanes of at least 4 members (excludes halogenated alkanes) is 9. The van der Waals surface area contributed by atoms with E-state index in [1.54, 1.807) is 0 Å². The zero-order valence-corrected chi connectivity index (χ0v) is 15.4. The third-order valence-electron chi connectivity index (χ3n) is 4.86. The lowest BCUT2D eigenvalue weighted by Crippen LogP contribution is -2.41. The highest BCUT2D eigenvalue weighted by molar-refractivity contribution is 6.72. The topological polar surface area (TPSA) is 9.23 Å². The van der Waals surface area contributed by atoms with E-state index in [9.17, 15) is 0 Å². The van der Waals surface area contributed by atoms with Gasteiger partial charge in [0.2, 0.25) is 0 Å². The second-order valence-electron chi connectivity index (χ2n) is 7.20. The summed E-state index contributed by atoms with van der Waals surface area (Å²) in [4.78, 5) is 0. The molecule has 20 heavy (non-hydrogen) atoms. The molecule has 0 aromatic carbocycles. The Labute approximate surface area is 129 Å². The van der Waals surface area contributed by atoms with Gasteiger partial charge in [-0.1, -0.05) is 77.6 Å². The van der Waals surface area contributed by atoms with Crippen LogP contribution >= 0.6 is 0 Å². The molecule has 0 N–H and O–H groups in total. The molecular weight excluding hydrogens is 260 g/mol. The minimum atomic E-state index is -1.29. The summed E-state index contributed by atoms with van der Waals surface area (Å²) in [5.74, 6) is 0. The van der Waals surface area contributed by atoms with Gasteiger partial charge in [-0.15, -0.1) is 0 Å². The third-order valence-corrected chi connectivity index (χ3v) is 8.66. The van der Waals surface area contributed by atoms with Crippen molar-refractivity contribution in [3.8, 4) is 0 Å². The van der Waals surface area contributed by atoms with Crippen molar-refractivity contribution in [1.29, 1.82) is 0 Å². The fraction of sp³-hybridized carbons (Fsp3) is 1.00. The molecule has 1 nitrogen and oxygen atoms in total. The molecule has 1 saturated heterocycles. The second kappa shape index (κ2) is 10.8. The van der Waals surface area contributed by atoms with E-state index in [4.69, 9.17) is 4.43 Å². The van der Waals surface area contributed by atoms with Crippen LogP contribution in [0, 0.1) is 0 Å². The lowest BCUT2D eigenvalue weighted by atomic mass is 10.1. The van der Waals surface area contributed by atoms with E-state index >= 15 is 0 Å². The molecule has 0 aliphatic carbocycles. The van der Waals surface area contributed by atoms with Crippen LogP contribution in [0.3, 0.4) is 0 Å². The monoisotopic (exact) mass is 298 g/mol. The van der Waals surface area contributed by atoms with Crippen LogP contribution in [-0.4, -0.2) is 14.4 Å². The van der Waals surface area contributed by atoms with Crippen molar-refractivity contribution in [2.45, 2.75) is 116 Å². The highest BCUT2D eigenvalue weighted by Gasteiger charge is 2.33. The molecule has 0 aromatic heterocycles. The van der Waals surface area contributed by atoms with Crippen molar-refractivity contribution in [2.75, 3.05) is 0 Å². The predicted molar refractivity (Wildman–Crippen MR) is 92.9 cm³/mol. The average molecular weight is 299 g/mol. The van der Waals surface area contributed by atoms with E-state index in [0.717, 1.165) is 0 Å². The molecule has 0 saturated carbocycles. The molecule has 0 amide bonds. The van der Waals surface area contributed by atoms with Gasteiger partial charge in [0, 0.05) is 6.10 Å². The molecule has 1 rings (SSSR count). The number of rotatable bonds is 11. The quantitative estimate of drug-likeness (QED) is 0.305. The summed E-state index contributed by atoms with van der Waals surface area (Å²) >= 11 is 0. The van der Waals surface area contributed by atoms with Crippen molar-refractivity contribution in [1.82, 2.24) is 0 Å². The first-order valence-corrected chi connectivity index (χ1v) is 12.2. The Kier molecular flexibility index (Phi) is 9.88. The van der Waals surface area contributed by atoms with E-state index in [1.807, 2.05) is 0 Å². The van der Waals surface area contributed by atoms with Crippen LogP contribution in [-0.2, 0) is 4.43 Å². The van der Waals surface area contributed by atoms with Crippen LogP contribution in [0.2, 0.25) is 18.6 Å². The zero-order valence-electron chi connectivity index (χ0n) is 14.4. The molecule has 0 radical (unpaired) electrons. The largest absolute Gasteiger partial charge is 0.414 e. The van der Waals surface area contributed by atoms with Crippen molar-refractivity contribution < 1.29 is 4.43 Å². The first-order chi connectivity index (χ1) is 9.66. The lowest BCUT2D eigenvalue weighted by Gasteiger charge is -2.35. The normalized spacial score (nSPS) is 26.9. The van der Waals surface area contributed by atoms with E-state index in [-0.39, 0.29) is 0 Å². The fourth-order valence-electron chi connectivity index (χ4n) is 3.54. The molecule has 1 aliphatic heterocycles. The summed E-state index contributed by atoms with van der Waals surface area (Å²) < 4.78 is 6.30. The predicted octanol–water partition coefficient (Wildman–Crippen LogP) is 6.68. The Balaban J connectivity index is 1.89. The Morgan fingerprint density at radius 2 is 1.45 bits per heavy atom. The molecule has 1 aliphatic rings. The maximum absolute atomic E-state index is 6.30. The van der Waals surface area contributed by atoms with Crippen LogP contribution < -0.4 is 0 Å². The van der Waals surface area contributed by atoms with Gasteiger partial charge in [-0.3, -0.25) is 0 Å². The van der Waals surface area contributed by atoms with Crippen LogP contribution in [0.5, 0.6) is 0 Å². The average Bonchev–Trinajstić information content (AvgIpc) is 2.40. The van der Waals surface area contributed by atoms with Crippen molar-refractivity contribution >= 4 is 8.32 Å². The molecule has 0 bridgehead atoms. The molecule has 0 spiro atoms. The molecular formula is C18H38OSi. The van der Waals surface area contributed by atoms with E-state index < -0.39 is 8.32 Å². The first-order valence-electron chi connectivity index (χ1n) is 9.34. The maximum atomic E-state index is 6.30. The zero-order chi connectivity index (χ0) is 14.7. The SMILES string of the molecule is CCCCCCCCCCCC[Si]1(C)CCCC(C)O1. The molecule has 1 fully saturated rings. The van der Waals surface area contributed by atoms with Crippen molar-refractivity contribution in [3.05, 3.63) is 0 Å². The second-order valence-corrected chi connectivity index (χ2v) is 11.3. The molecule has 2 atom stereocenters. The Morgan fingerprint density at radius 1 is 0.900 bits per heavy atom. The molecule has 2 unspecified atom stereocenters. The Hall–Kier alpha value is 0.177.